The highest BCUT2D eigenvalue weighted by Gasteiger charge is 2.21. The Morgan fingerprint density at radius 1 is 0.964 bits per heavy atom. The molecule has 0 radical (unpaired) electrons. The lowest BCUT2D eigenvalue weighted by molar-refractivity contribution is -0.133. The number of ether oxygens (including phenoxy) is 1. The van der Waals surface area contributed by atoms with Gasteiger partial charge in [0, 0.05) is 49.4 Å². The largest absolute Gasteiger partial charge is 1.00 e. The van der Waals surface area contributed by atoms with Gasteiger partial charge in [0.2, 0.25) is 0 Å². The summed E-state index contributed by atoms with van der Waals surface area (Å²) in [4.78, 5) is 27.9. The van der Waals surface area contributed by atoms with Gasteiger partial charge in [0.05, 0.1) is 0 Å². The third-order valence-corrected chi connectivity index (χ3v) is 4.71. The molecule has 4 rings (SSSR count). The molecule has 0 saturated carbocycles. The molecule has 6 nitrogen and oxygen atoms in total. The average molecular weight is 400 g/mol. The predicted octanol–water partition coefficient (Wildman–Crippen LogP) is -0.475. The molecule has 0 aliphatic carbocycles. The van der Waals surface area contributed by atoms with Crippen molar-refractivity contribution in [3.8, 4) is 5.75 Å². The number of carbonyl (C=O) groups excluding carboxylic acids is 1. The first kappa shape index (κ1) is 19.8. The van der Waals surface area contributed by atoms with E-state index >= 15 is 0 Å². The highest BCUT2D eigenvalue weighted by molar-refractivity contribution is 5.79. The van der Waals surface area contributed by atoms with E-state index in [1.807, 2.05) is 23.1 Å². The van der Waals surface area contributed by atoms with E-state index < -0.39 is 5.63 Å². The zero-order valence-corrected chi connectivity index (χ0v) is 16.0. The molecule has 0 spiro atoms. The molecule has 1 saturated heterocycles. The van der Waals surface area contributed by atoms with Crippen molar-refractivity contribution in [2.75, 3.05) is 37.7 Å². The number of hydrogen-bond acceptors (Lipinski definition) is 5. The van der Waals surface area contributed by atoms with Crippen LogP contribution in [-0.4, -0.2) is 43.6 Å². The molecule has 1 aromatic heterocycles. The van der Waals surface area contributed by atoms with Crippen molar-refractivity contribution in [1.29, 1.82) is 0 Å². The van der Waals surface area contributed by atoms with Crippen molar-refractivity contribution < 1.29 is 26.4 Å². The number of rotatable bonds is 4. The van der Waals surface area contributed by atoms with E-state index in [0.29, 0.717) is 24.4 Å². The summed E-state index contributed by atoms with van der Waals surface area (Å²) in [6.07, 6.45) is 0. The Hall–Kier alpha value is -2.99. The normalized spacial score (nSPS) is 13.9. The van der Waals surface area contributed by atoms with Crippen molar-refractivity contribution in [3.05, 3.63) is 71.1 Å². The smallest absolute Gasteiger partial charge is 0.336 e. The minimum Gasteiger partial charge on any atom is -1.00 e. The molecular weight excluding hydrogens is 380 g/mol. The second kappa shape index (κ2) is 8.80. The quantitative estimate of drug-likeness (QED) is 0.555. The fraction of sp³-hybridized carbons (Fsp3) is 0.238. The van der Waals surface area contributed by atoms with Gasteiger partial charge in [-0.25, -0.2) is 4.79 Å². The number of piperazine rings is 1. The maximum absolute atomic E-state index is 12.4. The molecule has 3 aromatic rings. The van der Waals surface area contributed by atoms with E-state index in [0.717, 1.165) is 18.5 Å². The van der Waals surface area contributed by atoms with Crippen LogP contribution in [-0.2, 0) is 4.79 Å². The van der Waals surface area contributed by atoms with Gasteiger partial charge in [-0.15, -0.1) is 0 Å². The Bertz CT molecular complexity index is 998. The Kier molecular flexibility index (Phi) is 6.21. The molecule has 1 fully saturated rings. The van der Waals surface area contributed by atoms with Gasteiger partial charge < -0.3 is 31.4 Å². The summed E-state index contributed by atoms with van der Waals surface area (Å²) in [7, 11) is 0. The maximum atomic E-state index is 12.4. The Balaban J connectivity index is 0.00000225. The Morgan fingerprint density at radius 3 is 2.43 bits per heavy atom. The summed E-state index contributed by atoms with van der Waals surface area (Å²) in [6, 6.07) is 18.5. The highest BCUT2D eigenvalue weighted by Crippen LogP contribution is 2.20. The fourth-order valence-electron chi connectivity index (χ4n) is 3.22. The van der Waals surface area contributed by atoms with E-state index in [1.165, 1.54) is 11.8 Å². The third kappa shape index (κ3) is 4.46. The lowest BCUT2D eigenvalue weighted by Crippen LogP contribution is -3.00. The molecule has 0 bridgehead atoms. The molecule has 0 atom stereocenters. The summed E-state index contributed by atoms with van der Waals surface area (Å²) in [6.45, 7) is 2.91. The van der Waals surface area contributed by atoms with Gasteiger partial charge in [0.15, 0.2) is 6.61 Å². The SMILES string of the molecule is O=C(COc1ccc2ccc(=O)oc2c1)N1CCN(c2ccccc2)CC1.[Cl-]. The van der Waals surface area contributed by atoms with Gasteiger partial charge >= 0.3 is 5.63 Å². The predicted molar refractivity (Wildman–Crippen MR) is 103 cm³/mol. The van der Waals surface area contributed by atoms with Crippen molar-refractivity contribution in [2.45, 2.75) is 0 Å². The van der Waals surface area contributed by atoms with Crippen LogP contribution in [0.25, 0.3) is 11.0 Å². The number of para-hydroxylation sites is 1. The molecule has 1 amide bonds. The van der Waals surface area contributed by atoms with E-state index in [4.69, 9.17) is 9.15 Å². The highest BCUT2D eigenvalue weighted by atomic mass is 35.5. The number of benzene rings is 2. The topological polar surface area (TPSA) is 63.0 Å². The molecule has 1 aliphatic heterocycles. The van der Waals surface area contributed by atoms with Crippen molar-refractivity contribution in [2.24, 2.45) is 0 Å². The number of carbonyl (C=O) groups is 1. The van der Waals surface area contributed by atoms with E-state index in [-0.39, 0.29) is 24.9 Å². The van der Waals surface area contributed by atoms with Gasteiger partial charge in [-0.2, -0.15) is 0 Å². The van der Waals surface area contributed by atoms with Crippen LogP contribution < -0.4 is 27.7 Å². The van der Waals surface area contributed by atoms with E-state index in [2.05, 4.69) is 17.0 Å². The second-order valence-electron chi connectivity index (χ2n) is 6.45. The number of nitrogens with zero attached hydrogens (tertiary/aromatic N) is 2. The zero-order valence-electron chi connectivity index (χ0n) is 15.2. The van der Waals surface area contributed by atoms with Crippen LogP contribution in [0.1, 0.15) is 0 Å². The lowest BCUT2D eigenvalue weighted by Gasteiger charge is -2.36. The first-order valence-electron chi connectivity index (χ1n) is 8.93. The van der Waals surface area contributed by atoms with Crippen molar-refractivity contribution >= 4 is 22.6 Å². The summed E-state index contributed by atoms with van der Waals surface area (Å²) >= 11 is 0. The van der Waals surface area contributed by atoms with Crippen LogP contribution in [0.2, 0.25) is 0 Å². The van der Waals surface area contributed by atoms with Crippen LogP contribution in [0.5, 0.6) is 5.75 Å². The molecular formula is C21H20ClN2O4-. The van der Waals surface area contributed by atoms with Crippen LogP contribution >= 0.6 is 0 Å². The number of amides is 1. The third-order valence-electron chi connectivity index (χ3n) is 4.71. The fourth-order valence-corrected chi connectivity index (χ4v) is 3.22. The minimum absolute atomic E-state index is 0. The first-order chi connectivity index (χ1) is 13.2. The summed E-state index contributed by atoms with van der Waals surface area (Å²) in [5, 5.41) is 0.810. The monoisotopic (exact) mass is 399 g/mol. The standard InChI is InChI=1S/C21H20N2O4.ClH/c24-20(23-12-10-22(11-13-23)17-4-2-1-3-5-17)15-26-18-8-6-16-7-9-21(25)27-19(16)14-18;/h1-9,14H,10-13,15H2;1H/p-1. The molecule has 0 N–H and O–H groups in total. The van der Waals surface area contributed by atoms with Gasteiger partial charge in [-0.05, 0) is 30.3 Å². The number of hydrogen-bond donors (Lipinski definition) is 0. The zero-order chi connectivity index (χ0) is 18.6. The molecule has 2 heterocycles. The summed E-state index contributed by atoms with van der Waals surface area (Å²) in [5.41, 5.74) is 1.22. The van der Waals surface area contributed by atoms with Crippen molar-refractivity contribution in [1.82, 2.24) is 4.90 Å². The molecule has 146 valence electrons. The Labute approximate surface area is 168 Å². The van der Waals surface area contributed by atoms with Crippen LogP contribution in [0.15, 0.2) is 69.9 Å². The number of halogens is 1. The Morgan fingerprint density at radius 2 is 1.68 bits per heavy atom. The van der Waals surface area contributed by atoms with Crippen molar-refractivity contribution in [3.63, 3.8) is 0 Å². The molecule has 1 aliphatic rings. The average Bonchev–Trinajstić information content (AvgIpc) is 2.72. The van der Waals surface area contributed by atoms with Crippen LogP contribution in [0, 0.1) is 0 Å². The lowest BCUT2D eigenvalue weighted by atomic mass is 10.2. The van der Waals surface area contributed by atoms with E-state index in [1.54, 1.807) is 24.3 Å². The van der Waals surface area contributed by atoms with Gasteiger partial charge in [-0.1, -0.05) is 18.2 Å². The molecule has 0 unspecified atom stereocenters. The number of fused-ring (bicyclic) bond motifs is 1. The van der Waals surface area contributed by atoms with Gasteiger partial charge in [0.1, 0.15) is 11.3 Å². The van der Waals surface area contributed by atoms with Gasteiger partial charge in [-0.3, -0.25) is 4.79 Å². The number of anilines is 1. The van der Waals surface area contributed by atoms with Crippen LogP contribution in [0.4, 0.5) is 5.69 Å². The molecule has 7 heteroatoms. The summed E-state index contributed by atoms with van der Waals surface area (Å²) in [5.74, 6) is 0.463. The molecule has 28 heavy (non-hydrogen) atoms. The van der Waals surface area contributed by atoms with Gasteiger partial charge in [0.25, 0.3) is 5.91 Å². The van der Waals surface area contributed by atoms with Crippen LogP contribution in [0.3, 0.4) is 0 Å². The maximum Gasteiger partial charge on any atom is 0.336 e. The first-order valence-corrected chi connectivity index (χ1v) is 8.93. The summed E-state index contributed by atoms with van der Waals surface area (Å²) < 4.78 is 10.8. The second-order valence-corrected chi connectivity index (χ2v) is 6.45. The molecule has 2 aromatic carbocycles. The minimum atomic E-state index is -0.410. The van der Waals surface area contributed by atoms with E-state index in [9.17, 15) is 9.59 Å².